The van der Waals surface area contributed by atoms with Gasteiger partial charge in [-0.15, -0.1) is 0 Å². The van der Waals surface area contributed by atoms with E-state index in [0.29, 0.717) is 11.1 Å². The molecule has 4 aromatic rings. The highest BCUT2D eigenvalue weighted by atomic mass is 19.1. The Morgan fingerprint density at radius 2 is 1.51 bits per heavy atom. The van der Waals surface area contributed by atoms with Crippen LogP contribution in [0.3, 0.4) is 0 Å². The molecule has 3 heterocycles. The van der Waals surface area contributed by atoms with Gasteiger partial charge in [0.25, 0.3) is 5.91 Å². The summed E-state index contributed by atoms with van der Waals surface area (Å²) in [7, 11) is 1.39. The summed E-state index contributed by atoms with van der Waals surface area (Å²) in [5.74, 6) is -5.25. The molecule has 0 aliphatic carbocycles. The van der Waals surface area contributed by atoms with Crippen molar-refractivity contribution in [2.45, 2.75) is 45.3 Å². The Kier molecular flexibility index (Phi) is 9.56. The van der Waals surface area contributed by atoms with E-state index in [1.165, 1.54) is 22.8 Å². The van der Waals surface area contributed by atoms with Crippen LogP contribution in [0.1, 0.15) is 66.8 Å². The van der Waals surface area contributed by atoms with Crippen LogP contribution in [0, 0.1) is 5.82 Å². The van der Waals surface area contributed by atoms with Crippen molar-refractivity contribution in [3.05, 3.63) is 111 Å². The number of aromatic nitrogens is 1. The summed E-state index contributed by atoms with van der Waals surface area (Å²) in [6.45, 7) is 7.42. The third-order valence-electron chi connectivity index (χ3n) is 8.83. The van der Waals surface area contributed by atoms with Gasteiger partial charge in [0.05, 0.1) is 23.2 Å². The zero-order chi connectivity index (χ0) is 36.6. The van der Waals surface area contributed by atoms with Gasteiger partial charge in [-0.1, -0.05) is 60.7 Å². The number of nitrogens with zero attached hydrogens (tertiary/aromatic N) is 4. The fourth-order valence-electron chi connectivity index (χ4n) is 6.49. The summed E-state index contributed by atoms with van der Waals surface area (Å²) in [4.78, 5) is 71.4. The number of piperazine rings is 1. The number of carbonyl (C=O) groups excluding carboxylic acids is 4. The monoisotopic (exact) mass is 698 g/mol. The predicted octanol–water partition coefficient (Wildman–Crippen LogP) is 4.90. The molecular weight excluding hydrogens is 659 g/mol. The third-order valence-corrected chi connectivity index (χ3v) is 8.83. The molecule has 3 aromatic carbocycles. The molecule has 2 aliphatic rings. The van der Waals surface area contributed by atoms with Crippen molar-refractivity contribution in [1.82, 2.24) is 9.58 Å². The number of halogens is 1. The maximum Gasteiger partial charge on any atom is 0.410 e. The average Bonchev–Trinajstić information content (AvgIpc) is 3.10. The molecule has 0 spiro atoms. The third kappa shape index (κ3) is 6.75. The van der Waals surface area contributed by atoms with Crippen molar-refractivity contribution in [1.29, 1.82) is 0 Å². The van der Waals surface area contributed by atoms with Crippen molar-refractivity contribution in [2.24, 2.45) is 0 Å². The molecule has 1 saturated heterocycles. The summed E-state index contributed by atoms with van der Waals surface area (Å²) in [6.07, 6.45) is -0.267. The molecule has 1 unspecified atom stereocenters. The molecule has 1 atom stereocenters. The van der Waals surface area contributed by atoms with Gasteiger partial charge in [0.15, 0.2) is 12.0 Å². The number of likely N-dealkylation sites (N-methyl/N-ethyl adjacent to an activating group) is 1. The highest BCUT2D eigenvalue weighted by molar-refractivity contribution is 6.14. The van der Waals surface area contributed by atoms with Gasteiger partial charge in [-0.25, -0.2) is 14.0 Å². The number of rotatable bonds is 7. The smallest absolute Gasteiger partial charge is 0.410 e. The second-order valence-electron chi connectivity index (χ2n) is 13.3. The van der Waals surface area contributed by atoms with E-state index in [0.717, 1.165) is 11.1 Å². The number of pyridine rings is 1. The second kappa shape index (κ2) is 13.9. The average molecular weight is 699 g/mol. The first-order chi connectivity index (χ1) is 24.3. The van der Waals surface area contributed by atoms with Crippen molar-refractivity contribution in [3.63, 3.8) is 0 Å². The van der Waals surface area contributed by atoms with Crippen LogP contribution in [0.5, 0.6) is 0 Å². The lowest BCUT2D eigenvalue weighted by atomic mass is 9.89. The van der Waals surface area contributed by atoms with E-state index in [4.69, 9.17) is 14.2 Å². The second-order valence-corrected chi connectivity index (χ2v) is 13.3. The Morgan fingerprint density at radius 3 is 2.06 bits per heavy atom. The number of benzene rings is 3. The zero-order valence-electron chi connectivity index (χ0n) is 29.1. The Bertz CT molecular complexity index is 2010. The van der Waals surface area contributed by atoms with Gasteiger partial charge in [0, 0.05) is 45.0 Å². The van der Waals surface area contributed by atoms with Crippen molar-refractivity contribution in [2.75, 3.05) is 49.7 Å². The molecule has 1 aromatic heterocycles. The Balaban J connectivity index is 1.50. The minimum absolute atomic E-state index is 0.0171. The van der Waals surface area contributed by atoms with Crippen molar-refractivity contribution >= 4 is 40.5 Å². The molecule has 12 nitrogen and oxygen atoms in total. The van der Waals surface area contributed by atoms with Gasteiger partial charge in [0.2, 0.25) is 5.43 Å². The van der Waals surface area contributed by atoms with Crippen LogP contribution in [0.4, 0.5) is 14.9 Å². The molecule has 51 heavy (non-hydrogen) atoms. The number of anilines is 1. The van der Waals surface area contributed by atoms with Gasteiger partial charge >= 0.3 is 18.0 Å². The van der Waals surface area contributed by atoms with E-state index >= 15 is 4.39 Å². The lowest BCUT2D eigenvalue weighted by Gasteiger charge is -2.40. The highest BCUT2D eigenvalue weighted by Gasteiger charge is 2.45. The molecule has 0 bridgehead atoms. The van der Waals surface area contributed by atoms with Crippen LogP contribution in [0.25, 0.3) is 10.9 Å². The van der Waals surface area contributed by atoms with E-state index in [9.17, 15) is 24.0 Å². The topological polar surface area (TPSA) is 128 Å². The summed E-state index contributed by atoms with van der Waals surface area (Å²) in [5.41, 5.74) is -0.728. The lowest BCUT2D eigenvalue weighted by Crippen LogP contribution is -2.52. The molecule has 0 N–H and O–H groups in total. The molecule has 0 radical (unpaired) electrons. The highest BCUT2D eigenvalue weighted by Crippen LogP contribution is 2.42. The van der Waals surface area contributed by atoms with Crippen molar-refractivity contribution < 1.29 is 37.8 Å². The van der Waals surface area contributed by atoms with Crippen molar-refractivity contribution in [3.8, 4) is 0 Å². The lowest BCUT2D eigenvalue weighted by molar-refractivity contribution is -0.152. The van der Waals surface area contributed by atoms with Gasteiger partial charge in [0.1, 0.15) is 17.0 Å². The normalized spacial score (nSPS) is 16.0. The van der Waals surface area contributed by atoms with Gasteiger partial charge in [-0.2, -0.15) is 0 Å². The summed E-state index contributed by atoms with van der Waals surface area (Å²) in [5, 5.41) is 0.884. The van der Waals surface area contributed by atoms with E-state index in [1.54, 1.807) is 81.1 Å². The van der Waals surface area contributed by atoms with Gasteiger partial charge < -0.3 is 24.0 Å². The Labute approximate surface area is 293 Å². The minimum Gasteiger partial charge on any atom is -0.462 e. The summed E-state index contributed by atoms with van der Waals surface area (Å²) < 4.78 is 34.7. The van der Waals surface area contributed by atoms with Gasteiger partial charge in [-0.3, -0.25) is 24.1 Å². The molecule has 13 heteroatoms. The van der Waals surface area contributed by atoms with E-state index in [2.05, 4.69) is 0 Å². The van der Waals surface area contributed by atoms with E-state index in [1.807, 2.05) is 12.1 Å². The van der Waals surface area contributed by atoms with E-state index in [-0.39, 0.29) is 54.9 Å². The van der Waals surface area contributed by atoms with Crippen LogP contribution in [-0.4, -0.2) is 78.9 Å². The quantitative estimate of drug-likeness (QED) is 0.151. The fourth-order valence-corrected chi connectivity index (χ4v) is 6.49. The molecule has 6 rings (SSSR count). The number of hydrogen-bond acceptors (Lipinski definition) is 9. The first kappa shape index (κ1) is 35.1. The molecule has 2 aliphatic heterocycles. The molecule has 1 fully saturated rings. The SMILES string of the molecule is CCOC(=O)c1cn2c3c(c(N4CCN(C(=O)OC(C)(C)C)CC4)c(F)cc3c1=O)C(C(=O)OC(c1ccccc1)c1ccccc1)C(=O)N2C. The predicted molar refractivity (Wildman–Crippen MR) is 187 cm³/mol. The molecule has 0 saturated carbocycles. The summed E-state index contributed by atoms with van der Waals surface area (Å²) in [6, 6.07) is 19.0. The van der Waals surface area contributed by atoms with Crippen LogP contribution in [0.2, 0.25) is 0 Å². The molecule has 2 amide bonds. The number of amides is 2. The maximum absolute atomic E-state index is 16.6. The fraction of sp³-hybridized carbons (Fsp3) is 0.342. The zero-order valence-corrected chi connectivity index (χ0v) is 29.1. The number of hydrogen-bond donors (Lipinski definition) is 0. The molecular formula is C38H39FN4O8. The van der Waals surface area contributed by atoms with Crippen LogP contribution < -0.4 is 15.3 Å². The van der Waals surface area contributed by atoms with Crippen LogP contribution in [-0.2, 0) is 23.8 Å². The number of ether oxygens (including phenoxy) is 3. The summed E-state index contributed by atoms with van der Waals surface area (Å²) >= 11 is 0. The number of carbonyl (C=O) groups is 4. The van der Waals surface area contributed by atoms with Gasteiger partial charge in [-0.05, 0) is 44.9 Å². The minimum atomic E-state index is -1.70. The Hall–Kier alpha value is -5.72. The first-order valence-electron chi connectivity index (χ1n) is 16.7. The largest absolute Gasteiger partial charge is 0.462 e. The standard InChI is InChI=1S/C38H39FN4O8/c1-6-49-35(46)26-22-43-30-25(32(26)44)21-27(39)31(41-17-19-42(20-18-41)37(48)51-38(2,3)4)28(30)29(34(45)40(43)5)36(47)50-33(23-13-9-7-10-14-23)24-15-11-8-12-16-24/h7-16,21-22,29,33H,6,17-20H2,1-5H3. The first-order valence-corrected chi connectivity index (χ1v) is 16.7. The number of esters is 2. The molecule has 266 valence electrons. The maximum atomic E-state index is 16.6. The Morgan fingerprint density at radius 1 is 0.922 bits per heavy atom. The van der Waals surface area contributed by atoms with Crippen LogP contribution >= 0.6 is 0 Å². The van der Waals surface area contributed by atoms with E-state index < -0.39 is 58.4 Å². The van der Waals surface area contributed by atoms with Crippen LogP contribution in [0.15, 0.2) is 77.7 Å².